The average Bonchev–Trinajstić information content (AvgIpc) is 3.42. The van der Waals surface area contributed by atoms with Crippen molar-refractivity contribution >= 4 is 27.0 Å². The molecular formula is C24H19F5N4O2S2. The first-order chi connectivity index (χ1) is 17.1. The zero-order valence-corrected chi connectivity index (χ0v) is 21.2. The summed E-state index contributed by atoms with van der Waals surface area (Å²) in [4.78, 5) is 4.65. The molecule has 0 unspecified atom stereocenters. The van der Waals surface area contributed by atoms with Crippen molar-refractivity contribution in [1.29, 1.82) is 0 Å². The molecule has 3 heterocycles. The SMILES string of the molecule is CC(C)(C)NS(=O)(=O)c1ccc(C#Cc2cnn3c(C(F)F)cc(-c4cccc(C(F)(F)F)c4)nc23)s1. The van der Waals surface area contributed by atoms with Crippen LogP contribution in [0.1, 0.15) is 48.9 Å². The highest BCUT2D eigenvalue weighted by molar-refractivity contribution is 7.91. The molecule has 1 N–H and O–H groups in total. The van der Waals surface area contributed by atoms with Crippen LogP contribution in [0.4, 0.5) is 22.0 Å². The van der Waals surface area contributed by atoms with Crippen LogP contribution < -0.4 is 4.72 Å². The normalized spacial score (nSPS) is 12.7. The van der Waals surface area contributed by atoms with Gasteiger partial charge in [0.15, 0.2) is 5.65 Å². The van der Waals surface area contributed by atoms with Gasteiger partial charge >= 0.3 is 6.18 Å². The largest absolute Gasteiger partial charge is 0.416 e. The molecule has 0 spiro atoms. The molecule has 0 aliphatic heterocycles. The number of aromatic nitrogens is 3. The molecular weight excluding hydrogens is 535 g/mol. The van der Waals surface area contributed by atoms with Gasteiger partial charge in [-0.15, -0.1) is 11.3 Å². The zero-order chi connectivity index (χ0) is 27.2. The monoisotopic (exact) mass is 554 g/mol. The highest BCUT2D eigenvalue weighted by Crippen LogP contribution is 2.33. The van der Waals surface area contributed by atoms with E-state index in [2.05, 4.69) is 26.6 Å². The Morgan fingerprint density at radius 1 is 1.05 bits per heavy atom. The fraction of sp³-hybridized carbons (Fsp3) is 0.250. The fourth-order valence-electron chi connectivity index (χ4n) is 3.35. The Bertz CT molecular complexity index is 1640. The van der Waals surface area contributed by atoms with E-state index in [4.69, 9.17) is 0 Å². The zero-order valence-electron chi connectivity index (χ0n) is 19.6. The summed E-state index contributed by atoms with van der Waals surface area (Å²) >= 11 is 0.921. The summed E-state index contributed by atoms with van der Waals surface area (Å²) < 4.78 is 95.6. The number of hydrogen-bond donors (Lipinski definition) is 1. The van der Waals surface area contributed by atoms with Gasteiger partial charge in [0.2, 0.25) is 0 Å². The first-order valence-electron chi connectivity index (χ1n) is 10.6. The summed E-state index contributed by atoms with van der Waals surface area (Å²) in [6.45, 7) is 5.12. The van der Waals surface area contributed by atoms with Crippen molar-refractivity contribution in [3.63, 3.8) is 0 Å². The molecule has 13 heteroatoms. The summed E-state index contributed by atoms with van der Waals surface area (Å²) in [6, 6.07) is 8.10. The number of benzene rings is 1. The Hall–Kier alpha value is -3.34. The van der Waals surface area contributed by atoms with Gasteiger partial charge in [-0.3, -0.25) is 0 Å². The van der Waals surface area contributed by atoms with E-state index in [0.29, 0.717) is 4.88 Å². The molecule has 4 aromatic rings. The number of rotatable bonds is 4. The molecule has 0 bridgehead atoms. The fourth-order valence-corrected chi connectivity index (χ4v) is 5.92. The van der Waals surface area contributed by atoms with Crippen molar-refractivity contribution in [2.45, 2.75) is 43.1 Å². The summed E-state index contributed by atoms with van der Waals surface area (Å²) in [6.07, 6.45) is -6.39. The predicted octanol–water partition coefficient (Wildman–Crippen LogP) is 5.89. The van der Waals surface area contributed by atoms with E-state index in [1.807, 2.05) is 0 Å². The number of halogens is 5. The second-order valence-corrected chi connectivity index (χ2v) is 12.0. The van der Waals surface area contributed by atoms with Crippen molar-refractivity contribution in [2.24, 2.45) is 0 Å². The topological polar surface area (TPSA) is 76.4 Å². The van der Waals surface area contributed by atoms with Gasteiger partial charge in [-0.2, -0.15) is 18.3 Å². The second-order valence-electron chi connectivity index (χ2n) is 8.96. The van der Waals surface area contributed by atoms with Gasteiger partial charge in [-0.25, -0.2) is 31.4 Å². The van der Waals surface area contributed by atoms with Crippen LogP contribution in [-0.4, -0.2) is 28.6 Å². The summed E-state index contributed by atoms with van der Waals surface area (Å²) in [5.74, 6) is 5.53. The smallest absolute Gasteiger partial charge is 0.227 e. The first kappa shape index (κ1) is 26.7. The number of thiophene rings is 1. The summed E-state index contributed by atoms with van der Waals surface area (Å²) in [5.41, 5.74) is -2.23. The maximum absolute atomic E-state index is 13.8. The molecule has 0 aliphatic rings. The van der Waals surface area contributed by atoms with Gasteiger partial charge in [0, 0.05) is 11.1 Å². The van der Waals surface area contributed by atoms with Gasteiger partial charge in [0.05, 0.1) is 27.9 Å². The lowest BCUT2D eigenvalue weighted by atomic mass is 10.1. The minimum Gasteiger partial charge on any atom is -0.227 e. The molecule has 0 saturated heterocycles. The molecule has 1 aromatic carbocycles. The number of hydrogen-bond acceptors (Lipinski definition) is 5. The number of nitrogens with zero attached hydrogens (tertiary/aromatic N) is 3. The predicted molar refractivity (Wildman–Crippen MR) is 129 cm³/mol. The summed E-state index contributed by atoms with van der Waals surface area (Å²) in [5, 5.41) is 3.92. The van der Waals surface area contributed by atoms with Crippen LogP contribution >= 0.6 is 11.3 Å². The molecule has 194 valence electrons. The van der Waals surface area contributed by atoms with E-state index in [9.17, 15) is 30.4 Å². The van der Waals surface area contributed by atoms with Crippen LogP contribution in [0, 0.1) is 11.8 Å². The van der Waals surface area contributed by atoms with E-state index < -0.39 is 39.4 Å². The lowest BCUT2D eigenvalue weighted by molar-refractivity contribution is -0.137. The molecule has 6 nitrogen and oxygen atoms in total. The maximum atomic E-state index is 13.8. The lowest BCUT2D eigenvalue weighted by Gasteiger charge is -2.19. The molecule has 37 heavy (non-hydrogen) atoms. The third kappa shape index (κ3) is 5.98. The van der Waals surface area contributed by atoms with Gasteiger partial charge in [0.1, 0.15) is 9.90 Å². The van der Waals surface area contributed by atoms with E-state index in [-0.39, 0.29) is 26.7 Å². The highest BCUT2D eigenvalue weighted by Gasteiger charge is 2.31. The molecule has 3 aromatic heterocycles. The van der Waals surface area contributed by atoms with Crippen LogP contribution in [0.5, 0.6) is 0 Å². The molecule has 0 saturated carbocycles. The van der Waals surface area contributed by atoms with Crippen LogP contribution in [0.2, 0.25) is 0 Å². The number of fused-ring (bicyclic) bond motifs is 1. The van der Waals surface area contributed by atoms with Gasteiger partial charge in [0.25, 0.3) is 16.4 Å². The minimum absolute atomic E-state index is 0.00112. The molecule has 0 atom stereocenters. The standard InChI is InChI=1S/C24H19F5N4O2S2/c1-23(2,3)32-37(34,35)20-10-9-17(36-20)8-7-15-13-30-33-19(21(25)26)12-18(31-22(15)33)14-5-4-6-16(11-14)24(27,28)29/h4-6,9-13,21,32H,1-3H3. The second kappa shape index (κ2) is 9.51. The maximum Gasteiger partial charge on any atom is 0.416 e. The van der Waals surface area contributed by atoms with Crippen LogP contribution in [0.3, 0.4) is 0 Å². The van der Waals surface area contributed by atoms with Crippen molar-refractivity contribution in [1.82, 2.24) is 19.3 Å². The van der Waals surface area contributed by atoms with Crippen molar-refractivity contribution < 1.29 is 30.4 Å². The van der Waals surface area contributed by atoms with Gasteiger partial charge in [-0.05, 0) is 51.1 Å². The van der Waals surface area contributed by atoms with Gasteiger partial charge < -0.3 is 0 Å². The molecule has 0 aliphatic carbocycles. The third-order valence-corrected chi connectivity index (χ3v) is 8.07. The first-order valence-corrected chi connectivity index (χ1v) is 12.9. The Labute approximate surface area is 213 Å². The molecule has 0 amide bonds. The van der Waals surface area contributed by atoms with Crippen molar-refractivity contribution in [2.75, 3.05) is 0 Å². The van der Waals surface area contributed by atoms with Crippen molar-refractivity contribution in [3.05, 3.63) is 70.4 Å². The van der Waals surface area contributed by atoms with E-state index in [1.54, 1.807) is 20.8 Å². The van der Waals surface area contributed by atoms with Crippen LogP contribution in [0.25, 0.3) is 16.9 Å². The van der Waals surface area contributed by atoms with E-state index >= 15 is 0 Å². The Morgan fingerprint density at radius 3 is 2.43 bits per heavy atom. The van der Waals surface area contributed by atoms with Gasteiger partial charge in [-0.1, -0.05) is 24.0 Å². The summed E-state index contributed by atoms with van der Waals surface area (Å²) in [7, 11) is -3.76. The number of nitrogens with one attached hydrogen (secondary N) is 1. The number of sulfonamides is 1. The van der Waals surface area contributed by atoms with Crippen LogP contribution in [0.15, 0.2) is 52.9 Å². The quantitative estimate of drug-likeness (QED) is 0.252. The molecule has 0 fully saturated rings. The Balaban J connectivity index is 1.76. The van der Waals surface area contributed by atoms with Crippen molar-refractivity contribution in [3.8, 4) is 23.1 Å². The minimum atomic E-state index is -4.62. The molecule has 0 radical (unpaired) electrons. The average molecular weight is 555 g/mol. The highest BCUT2D eigenvalue weighted by atomic mass is 32.2. The molecule has 4 rings (SSSR count). The number of alkyl halides is 5. The van der Waals surface area contributed by atoms with E-state index in [0.717, 1.165) is 34.1 Å². The third-order valence-electron chi connectivity index (χ3n) is 4.82. The Kier molecular flexibility index (Phi) is 6.87. The van der Waals surface area contributed by atoms with E-state index in [1.165, 1.54) is 30.5 Å². The Morgan fingerprint density at radius 2 is 1.78 bits per heavy atom. The lowest BCUT2D eigenvalue weighted by Crippen LogP contribution is -2.40. The van der Waals surface area contributed by atoms with Crippen LogP contribution in [-0.2, 0) is 16.2 Å².